The minimum atomic E-state index is -0.00449. The number of ether oxygens (including phenoxy) is 1. The lowest BCUT2D eigenvalue weighted by atomic mass is 10.1. The van der Waals surface area contributed by atoms with Crippen molar-refractivity contribution in [2.75, 3.05) is 13.7 Å². The van der Waals surface area contributed by atoms with Crippen molar-refractivity contribution in [1.82, 2.24) is 5.32 Å². The molecule has 17 heavy (non-hydrogen) atoms. The predicted octanol–water partition coefficient (Wildman–Crippen LogP) is 1.09. The van der Waals surface area contributed by atoms with E-state index in [0.717, 1.165) is 17.7 Å². The summed E-state index contributed by atoms with van der Waals surface area (Å²) in [5.41, 5.74) is 6.50. The molecule has 1 unspecified atom stereocenters. The van der Waals surface area contributed by atoms with Crippen molar-refractivity contribution in [3.8, 4) is 5.75 Å². The zero-order valence-electron chi connectivity index (χ0n) is 10.4. The summed E-state index contributed by atoms with van der Waals surface area (Å²) in [7, 11) is 1.60. The number of nitrogens with two attached hydrogens (primary N) is 1. The van der Waals surface area contributed by atoms with Crippen LogP contribution in [0, 0.1) is 0 Å². The molecule has 1 rings (SSSR count). The Morgan fingerprint density at radius 3 is 2.82 bits per heavy atom. The number of carbonyl (C=O) groups excluding carboxylic acids is 1. The standard InChI is InChI=1S/C13H20N2O2/c1-10(14)7-8-15-13(16)9-11-5-3-4-6-12(11)17-2/h3-6,10H,7-9,14H2,1-2H3,(H,15,16). The van der Waals surface area contributed by atoms with Gasteiger partial charge in [-0.15, -0.1) is 0 Å². The molecule has 1 atom stereocenters. The van der Waals surface area contributed by atoms with Gasteiger partial charge in [0.05, 0.1) is 13.5 Å². The van der Waals surface area contributed by atoms with Gasteiger partial charge in [0.15, 0.2) is 0 Å². The van der Waals surface area contributed by atoms with Crippen molar-refractivity contribution in [1.29, 1.82) is 0 Å². The first kappa shape index (κ1) is 13.5. The van der Waals surface area contributed by atoms with E-state index < -0.39 is 0 Å². The molecule has 1 amide bonds. The molecule has 4 nitrogen and oxygen atoms in total. The largest absolute Gasteiger partial charge is 0.496 e. The Morgan fingerprint density at radius 1 is 1.47 bits per heavy atom. The molecule has 1 aromatic carbocycles. The molecule has 0 heterocycles. The van der Waals surface area contributed by atoms with Crippen LogP contribution in [0.2, 0.25) is 0 Å². The summed E-state index contributed by atoms with van der Waals surface area (Å²) in [6.45, 7) is 2.54. The number of rotatable bonds is 6. The lowest BCUT2D eigenvalue weighted by molar-refractivity contribution is -0.120. The number of hydrogen-bond acceptors (Lipinski definition) is 3. The number of para-hydroxylation sites is 1. The molecule has 0 aliphatic rings. The minimum Gasteiger partial charge on any atom is -0.496 e. The first-order valence-electron chi connectivity index (χ1n) is 5.77. The third-order valence-electron chi connectivity index (χ3n) is 2.47. The highest BCUT2D eigenvalue weighted by atomic mass is 16.5. The van der Waals surface area contributed by atoms with E-state index in [1.165, 1.54) is 0 Å². The van der Waals surface area contributed by atoms with E-state index in [1.807, 2.05) is 31.2 Å². The molecule has 4 heteroatoms. The fourth-order valence-corrected chi connectivity index (χ4v) is 1.52. The van der Waals surface area contributed by atoms with Crippen LogP contribution in [0.5, 0.6) is 5.75 Å². The molecule has 0 aliphatic carbocycles. The monoisotopic (exact) mass is 236 g/mol. The lowest BCUT2D eigenvalue weighted by Crippen LogP contribution is -2.30. The van der Waals surface area contributed by atoms with Gasteiger partial charge in [0.2, 0.25) is 5.91 Å². The molecule has 1 aromatic rings. The maximum Gasteiger partial charge on any atom is 0.224 e. The van der Waals surface area contributed by atoms with Crippen LogP contribution in [0.4, 0.5) is 0 Å². The van der Waals surface area contributed by atoms with Crippen molar-refractivity contribution >= 4 is 5.91 Å². The van der Waals surface area contributed by atoms with Crippen molar-refractivity contribution in [2.45, 2.75) is 25.8 Å². The number of hydrogen-bond donors (Lipinski definition) is 2. The minimum absolute atomic E-state index is 0.00449. The summed E-state index contributed by atoms with van der Waals surface area (Å²) in [4.78, 5) is 11.7. The second-order valence-corrected chi connectivity index (χ2v) is 4.10. The Kier molecular flexibility index (Phi) is 5.49. The van der Waals surface area contributed by atoms with Gasteiger partial charge < -0.3 is 15.8 Å². The quantitative estimate of drug-likeness (QED) is 0.777. The highest BCUT2D eigenvalue weighted by Gasteiger charge is 2.07. The van der Waals surface area contributed by atoms with Crippen LogP contribution in [0.3, 0.4) is 0 Å². The molecule has 94 valence electrons. The van der Waals surface area contributed by atoms with Crippen LogP contribution in [-0.2, 0) is 11.2 Å². The molecule has 0 aliphatic heterocycles. The normalized spacial score (nSPS) is 11.9. The van der Waals surface area contributed by atoms with Crippen LogP contribution < -0.4 is 15.8 Å². The Balaban J connectivity index is 2.45. The summed E-state index contributed by atoms with van der Waals surface area (Å²) in [6, 6.07) is 7.64. The number of amides is 1. The Hall–Kier alpha value is -1.55. The SMILES string of the molecule is COc1ccccc1CC(=O)NCCC(C)N. The summed E-state index contributed by atoms with van der Waals surface area (Å²) >= 11 is 0. The summed E-state index contributed by atoms with van der Waals surface area (Å²) in [5.74, 6) is 0.741. The molecule has 0 aromatic heterocycles. The van der Waals surface area contributed by atoms with Crippen LogP contribution >= 0.6 is 0 Å². The average Bonchev–Trinajstić information content (AvgIpc) is 2.29. The van der Waals surface area contributed by atoms with E-state index in [0.29, 0.717) is 13.0 Å². The maximum absolute atomic E-state index is 11.7. The lowest BCUT2D eigenvalue weighted by Gasteiger charge is -2.09. The summed E-state index contributed by atoms with van der Waals surface area (Å²) in [6.07, 6.45) is 1.13. The summed E-state index contributed by atoms with van der Waals surface area (Å²) < 4.78 is 5.19. The Morgan fingerprint density at radius 2 is 2.18 bits per heavy atom. The molecule has 0 fully saturated rings. The average molecular weight is 236 g/mol. The van der Waals surface area contributed by atoms with Crippen LogP contribution in [0.1, 0.15) is 18.9 Å². The van der Waals surface area contributed by atoms with E-state index in [1.54, 1.807) is 7.11 Å². The van der Waals surface area contributed by atoms with E-state index in [4.69, 9.17) is 10.5 Å². The van der Waals surface area contributed by atoms with Crippen molar-refractivity contribution in [3.63, 3.8) is 0 Å². The zero-order chi connectivity index (χ0) is 12.7. The molecule has 0 bridgehead atoms. The van der Waals surface area contributed by atoms with Gasteiger partial charge in [-0.3, -0.25) is 4.79 Å². The number of benzene rings is 1. The fraction of sp³-hybridized carbons (Fsp3) is 0.462. The molecule has 0 saturated carbocycles. The van der Waals surface area contributed by atoms with Gasteiger partial charge in [-0.05, 0) is 19.4 Å². The van der Waals surface area contributed by atoms with E-state index in [-0.39, 0.29) is 11.9 Å². The number of nitrogens with one attached hydrogen (secondary N) is 1. The fourth-order valence-electron chi connectivity index (χ4n) is 1.52. The highest BCUT2D eigenvalue weighted by Crippen LogP contribution is 2.17. The molecule has 0 saturated heterocycles. The van der Waals surface area contributed by atoms with Crippen LogP contribution in [0.15, 0.2) is 24.3 Å². The predicted molar refractivity (Wildman–Crippen MR) is 68.0 cm³/mol. The van der Waals surface area contributed by atoms with Gasteiger partial charge in [-0.2, -0.15) is 0 Å². The second kappa shape index (κ2) is 6.91. The van der Waals surface area contributed by atoms with Gasteiger partial charge in [-0.25, -0.2) is 0 Å². The van der Waals surface area contributed by atoms with Crippen LogP contribution in [0.25, 0.3) is 0 Å². The second-order valence-electron chi connectivity index (χ2n) is 4.10. The van der Waals surface area contributed by atoms with Crippen molar-refractivity contribution in [2.24, 2.45) is 5.73 Å². The van der Waals surface area contributed by atoms with Crippen molar-refractivity contribution in [3.05, 3.63) is 29.8 Å². The first-order chi connectivity index (χ1) is 8.13. The van der Waals surface area contributed by atoms with Gasteiger partial charge in [0.25, 0.3) is 0 Å². The van der Waals surface area contributed by atoms with E-state index in [9.17, 15) is 4.79 Å². The van der Waals surface area contributed by atoms with Gasteiger partial charge in [-0.1, -0.05) is 18.2 Å². The van der Waals surface area contributed by atoms with E-state index in [2.05, 4.69) is 5.32 Å². The van der Waals surface area contributed by atoms with Gasteiger partial charge in [0.1, 0.15) is 5.75 Å². The highest BCUT2D eigenvalue weighted by molar-refractivity contribution is 5.79. The topological polar surface area (TPSA) is 64.3 Å². The molecule has 0 spiro atoms. The van der Waals surface area contributed by atoms with Gasteiger partial charge in [0, 0.05) is 18.2 Å². The maximum atomic E-state index is 11.7. The van der Waals surface area contributed by atoms with E-state index >= 15 is 0 Å². The number of carbonyl (C=O) groups is 1. The first-order valence-corrected chi connectivity index (χ1v) is 5.77. The van der Waals surface area contributed by atoms with Gasteiger partial charge >= 0.3 is 0 Å². The van der Waals surface area contributed by atoms with Crippen LogP contribution in [-0.4, -0.2) is 25.6 Å². The zero-order valence-corrected chi connectivity index (χ0v) is 10.4. The Labute approximate surface area is 102 Å². The molecule has 0 radical (unpaired) electrons. The molecular weight excluding hydrogens is 216 g/mol. The molecule has 3 N–H and O–H groups in total. The third kappa shape index (κ3) is 4.87. The smallest absolute Gasteiger partial charge is 0.224 e. The third-order valence-corrected chi connectivity index (χ3v) is 2.47. The number of methoxy groups -OCH3 is 1. The summed E-state index contributed by atoms with van der Waals surface area (Å²) in [5, 5.41) is 2.84. The molecular formula is C13H20N2O2. The Bertz CT molecular complexity index is 364. The van der Waals surface area contributed by atoms with Crippen molar-refractivity contribution < 1.29 is 9.53 Å².